The van der Waals surface area contributed by atoms with Crippen LogP contribution in [0.25, 0.3) is 0 Å². The summed E-state index contributed by atoms with van der Waals surface area (Å²) in [6.45, 7) is 6.30. The number of nitrogens with one attached hydrogen (secondary N) is 1. The van der Waals surface area contributed by atoms with Crippen molar-refractivity contribution in [2.75, 3.05) is 40.0 Å². The number of hydrogen-bond acceptors (Lipinski definition) is 5. The fourth-order valence-corrected chi connectivity index (χ4v) is 3.91. The molecule has 2 aromatic carbocycles. The second kappa shape index (κ2) is 13.1. The van der Waals surface area contributed by atoms with Crippen molar-refractivity contribution in [3.05, 3.63) is 59.7 Å². The molecule has 1 amide bonds. The minimum atomic E-state index is 0.0284. The van der Waals surface area contributed by atoms with Crippen LogP contribution in [0.1, 0.15) is 37.3 Å². The van der Waals surface area contributed by atoms with Gasteiger partial charge in [-0.25, -0.2) is 0 Å². The Morgan fingerprint density at radius 2 is 1.94 bits per heavy atom. The van der Waals surface area contributed by atoms with E-state index in [0.29, 0.717) is 38.6 Å². The molecule has 0 spiro atoms. The highest BCUT2D eigenvalue weighted by molar-refractivity contribution is 5.76. The van der Waals surface area contributed by atoms with E-state index in [9.17, 15) is 4.79 Å². The average molecular weight is 441 g/mol. The van der Waals surface area contributed by atoms with Crippen molar-refractivity contribution in [3.63, 3.8) is 0 Å². The van der Waals surface area contributed by atoms with Gasteiger partial charge in [0.25, 0.3) is 0 Å². The number of benzene rings is 2. The monoisotopic (exact) mass is 440 g/mol. The molecule has 6 heteroatoms. The Bertz CT molecular complexity index is 836. The SMILES string of the molecule is CCOc1ccccc1CCC(=O)NCc1cccc(OCCN(C)C2CCOCC2)c1. The van der Waals surface area contributed by atoms with Gasteiger partial charge in [-0.1, -0.05) is 30.3 Å². The number of aryl methyl sites for hydroxylation is 1. The molecular formula is C26H36N2O4. The third kappa shape index (κ3) is 7.84. The number of rotatable bonds is 12. The van der Waals surface area contributed by atoms with E-state index in [0.717, 1.165) is 55.2 Å². The van der Waals surface area contributed by atoms with Gasteiger partial charge in [0.15, 0.2) is 0 Å². The lowest BCUT2D eigenvalue weighted by Crippen LogP contribution is -2.38. The lowest BCUT2D eigenvalue weighted by molar-refractivity contribution is -0.121. The summed E-state index contributed by atoms with van der Waals surface area (Å²) >= 11 is 0. The van der Waals surface area contributed by atoms with Crippen LogP contribution in [0.5, 0.6) is 11.5 Å². The topological polar surface area (TPSA) is 60.0 Å². The maximum absolute atomic E-state index is 12.3. The Morgan fingerprint density at radius 3 is 2.75 bits per heavy atom. The molecule has 0 aromatic heterocycles. The first-order valence-corrected chi connectivity index (χ1v) is 11.6. The molecule has 174 valence electrons. The van der Waals surface area contributed by atoms with Crippen LogP contribution in [0.2, 0.25) is 0 Å². The molecule has 32 heavy (non-hydrogen) atoms. The minimum Gasteiger partial charge on any atom is -0.494 e. The first kappa shape index (κ1) is 24.1. The molecule has 0 saturated carbocycles. The van der Waals surface area contributed by atoms with Gasteiger partial charge in [0.1, 0.15) is 18.1 Å². The minimum absolute atomic E-state index is 0.0284. The fraction of sp³-hybridized carbons (Fsp3) is 0.500. The molecular weight excluding hydrogens is 404 g/mol. The van der Waals surface area contributed by atoms with Crippen molar-refractivity contribution in [3.8, 4) is 11.5 Å². The highest BCUT2D eigenvalue weighted by Gasteiger charge is 2.18. The molecule has 1 fully saturated rings. The Hall–Kier alpha value is -2.57. The molecule has 3 rings (SSSR count). The van der Waals surface area contributed by atoms with Crippen molar-refractivity contribution in [1.29, 1.82) is 0 Å². The van der Waals surface area contributed by atoms with Gasteiger partial charge in [-0.3, -0.25) is 9.69 Å². The Morgan fingerprint density at radius 1 is 1.12 bits per heavy atom. The van der Waals surface area contributed by atoms with Crippen LogP contribution in [0.3, 0.4) is 0 Å². The first-order chi connectivity index (χ1) is 15.7. The van der Waals surface area contributed by atoms with Gasteiger partial charge in [0.2, 0.25) is 5.91 Å². The first-order valence-electron chi connectivity index (χ1n) is 11.6. The molecule has 0 radical (unpaired) electrons. The summed E-state index contributed by atoms with van der Waals surface area (Å²) in [6, 6.07) is 16.4. The van der Waals surface area contributed by atoms with E-state index >= 15 is 0 Å². The largest absolute Gasteiger partial charge is 0.494 e. The molecule has 6 nitrogen and oxygen atoms in total. The zero-order valence-corrected chi connectivity index (χ0v) is 19.3. The van der Waals surface area contributed by atoms with Crippen molar-refractivity contribution in [1.82, 2.24) is 10.2 Å². The van der Waals surface area contributed by atoms with Gasteiger partial charge >= 0.3 is 0 Å². The third-order valence-corrected chi connectivity index (χ3v) is 5.81. The summed E-state index contributed by atoms with van der Waals surface area (Å²) in [4.78, 5) is 14.7. The summed E-state index contributed by atoms with van der Waals surface area (Å²) in [7, 11) is 2.15. The highest BCUT2D eigenvalue weighted by Crippen LogP contribution is 2.20. The standard InChI is InChI=1S/C26H36N2O4/c1-3-31-25-10-5-4-8-22(25)11-12-26(29)27-20-21-7-6-9-24(19-21)32-18-15-28(2)23-13-16-30-17-14-23/h4-10,19,23H,3,11-18,20H2,1-2H3,(H,27,29). The molecule has 2 aromatic rings. The van der Waals surface area contributed by atoms with Crippen LogP contribution in [-0.2, 0) is 22.5 Å². The highest BCUT2D eigenvalue weighted by atomic mass is 16.5. The summed E-state index contributed by atoms with van der Waals surface area (Å²) in [5.41, 5.74) is 2.09. The van der Waals surface area contributed by atoms with Crippen LogP contribution in [0.4, 0.5) is 0 Å². The molecule has 1 aliphatic rings. The van der Waals surface area contributed by atoms with Gasteiger partial charge in [0.05, 0.1) is 6.61 Å². The number of amides is 1. The normalized spacial score (nSPS) is 14.3. The quantitative estimate of drug-likeness (QED) is 0.544. The Kier molecular flexibility index (Phi) is 9.85. The zero-order valence-electron chi connectivity index (χ0n) is 19.3. The third-order valence-electron chi connectivity index (χ3n) is 5.81. The smallest absolute Gasteiger partial charge is 0.220 e. The summed E-state index contributed by atoms with van der Waals surface area (Å²) in [5, 5.41) is 3.01. The fourth-order valence-electron chi connectivity index (χ4n) is 3.91. The van der Waals surface area contributed by atoms with E-state index in [2.05, 4.69) is 17.3 Å². The van der Waals surface area contributed by atoms with Gasteiger partial charge < -0.3 is 19.5 Å². The number of carbonyl (C=O) groups is 1. The lowest BCUT2D eigenvalue weighted by atomic mass is 10.1. The average Bonchev–Trinajstić information content (AvgIpc) is 2.83. The van der Waals surface area contributed by atoms with Crippen LogP contribution in [0, 0.1) is 0 Å². The van der Waals surface area contributed by atoms with Gasteiger partial charge in [0, 0.05) is 38.8 Å². The van der Waals surface area contributed by atoms with Crippen molar-refractivity contribution < 1.29 is 19.0 Å². The molecule has 0 unspecified atom stereocenters. The second-order valence-corrected chi connectivity index (χ2v) is 8.14. The summed E-state index contributed by atoms with van der Waals surface area (Å²) in [6.07, 6.45) is 3.26. The van der Waals surface area contributed by atoms with Gasteiger partial charge in [-0.2, -0.15) is 0 Å². The number of likely N-dealkylation sites (N-methyl/N-ethyl adjacent to an activating group) is 1. The van der Waals surface area contributed by atoms with E-state index < -0.39 is 0 Å². The predicted octanol–water partition coefficient (Wildman–Crippen LogP) is 3.82. The molecule has 0 bridgehead atoms. The molecule has 0 atom stereocenters. The van der Waals surface area contributed by atoms with Crippen LogP contribution < -0.4 is 14.8 Å². The van der Waals surface area contributed by atoms with E-state index in [1.54, 1.807) is 0 Å². The summed E-state index contributed by atoms with van der Waals surface area (Å²) < 4.78 is 17.0. The van der Waals surface area contributed by atoms with Crippen molar-refractivity contribution in [2.24, 2.45) is 0 Å². The number of carbonyl (C=O) groups excluding carboxylic acids is 1. The molecule has 1 heterocycles. The Balaban J connectivity index is 1.39. The van der Waals surface area contributed by atoms with Gasteiger partial charge in [-0.05, 0) is 62.6 Å². The number of para-hydroxylation sites is 1. The Labute approximate surface area is 191 Å². The second-order valence-electron chi connectivity index (χ2n) is 8.14. The van der Waals surface area contributed by atoms with E-state index in [1.165, 1.54) is 0 Å². The molecule has 1 aliphatic heterocycles. The van der Waals surface area contributed by atoms with E-state index in [4.69, 9.17) is 14.2 Å². The molecule has 0 aliphatic carbocycles. The number of nitrogens with zero attached hydrogens (tertiary/aromatic N) is 1. The van der Waals surface area contributed by atoms with Crippen molar-refractivity contribution >= 4 is 5.91 Å². The summed E-state index contributed by atoms with van der Waals surface area (Å²) in [5.74, 6) is 1.72. The van der Waals surface area contributed by atoms with Crippen LogP contribution in [-0.4, -0.2) is 56.9 Å². The van der Waals surface area contributed by atoms with Crippen molar-refractivity contribution in [2.45, 2.75) is 45.2 Å². The zero-order chi connectivity index (χ0) is 22.6. The maximum atomic E-state index is 12.3. The number of ether oxygens (including phenoxy) is 3. The molecule has 1 N–H and O–H groups in total. The van der Waals surface area contributed by atoms with Crippen LogP contribution >= 0.6 is 0 Å². The lowest BCUT2D eigenvalue weighted by Gasteiger charge is -2.31. The number of hydrogen-bond donors (Lipinski definition) is 1. The maximum Gasteiger partial charge on any atom is 0.220 e. The van der Waals surface area contributed by atoms with Crippen LogP contribution in [0.15, 0.2) is 48.5 Å². The van der Waals surface area contributed by atoms with E-state index in [-0.39, 0.29) is 5.91 Å². The van der Waals surface area contributed by atoms with E-state index in [1.807, 2.05) is 55.5 Å². The predicted molar refractivity (Wildman–Crippen MR) is 126 cm³/mol. The van der Waals surface area contributed by atoms with Gasteiger partial charge in [-0.15, -0.1) is 0 Å². The molecule has 1 saturated heterocycles.